The predicted molar refractivity (Wildman–Crippen MR) is 132 cm³/mol. The van der Waals surface area contributed by atoms with E-state index in [9.17, 15) is 14.7 Å². The van der Waals surface area contributed by atoms with E-state index in [0.717, 1.165) is 16.7 Å². The Morgan fingerprint density at radius 3 is 2.14 bits per heavy atom. The lowest BCUT2D eigenvalue weighted by molar-refractivity contribution is -0.180. The lowest BCUT2D eigenvalue weighted by Gasteiger charge is -2.45. The quantitative estimate of drug-likeness (QED) is 0.354. The van der Waals surface area contributed by atoms with Crippen LogP contribution in [-0.2, 0) is 20.9 Å². The van der Waals surface area contributed by atoms with Crippen molar-refractivity contribution >= 4 is 12.1 Å². The van der Waals surface area contributed by atoms with Crippen molar-refractivity contribution in [1.29, 1.82) is 0 Å². The fourth-order valence-corrected chi connectivity index (χ4v) is 4.38. The molecule has 1 saturated heterocycles. The van der Waals surface area contributed by atoms with Gasteiger partial charge in [0, 0.05) is 0 Å². The van der Waals surface area contributed by atoms with Crippen LogP contribution in [0.1, 0.15) is 41.7 Å². The highest BCUT2D eigenvalue weighted by Gasteiger charge is 2.51. The van der Waals surface area contributed by atoms with Gasteiger partial charge in [-0.05, 0) is 29.5 Å². The largest absolute Gasteiger partial charge is 0.453 e. The molecule has 1 amide bonds. The molecule has 6 nitrogen and oxygen atoms in total. The minimum atomic E-state index is -1.22. The second kappa shape index (κ2) is 11.5. The molecule has 1 fully saturated rings. The van der Waals surface area contributed by atoms with Gasteiger partial charge in [-0.15, -0.1) is 6.58 Å². The van der Waals surface area contributed by atoms with Crippen LogP contribution in [0.3, 0.4) is 0 Å². The maximum atomic E-state index is 13.6. The number of allylic oxidation sites excluding steroid dienone is 1. The first-order valence-electron chi connectivity index (χ1n) is 11.7. The van der Waals surface area contributed by atoms with Gasteiger partial charge >= 0.3 is 12.1 Å². The van der Waals surface area contributed by atoms with Crippen LogP contribution in [-0.4, -0.2) is 34.2 Å². The number of rotatable bonds is 8. The van der Waals surface area contributed by atoms with Gasteiger partial charge in [-0.2, -0.15) is 0 Å². The summed E-state index contributed by atoms with van der Waals surface area (Å²) in [6.45, 7) is 3.74. The molecule has 3 aromatic carbocycles. The van der Waals surface area contributed by atoms with Crippen LogP contribution in [0.25, 0.3) is 0 Å². The molecule has 0 unspecified atom stereocenters. The fraction of sp³-hybridized carbons (Fsp3) is 0.241. The molecule has 1 heterocycles. The third-order valence-electron chi connectivity index (χ3n) is 6.09. The molecule has 4 atom stereocenters. The minimum absolute atomic E-state index is 0.0399. The molecule has 4 rings (SSSR count). The Morgan fingerprint density at radius 2 is 1.54 bits per heavy atom. The van der Waals surface area contributed by atoms with Gasteiger partial charge in [0.15, 0.2) is 12.1 Å². The van der Waals surface area contributed by atoms with Crippen LogP contribution in [0, 0.1) is 0 Å². The normalized spacial score (nSPS) is 20.5. The van der Waals surface area contributed by atoms with Crippen LogP contribution < -0.4 is 0 Å². The molecule has 35 heavy (non-hydrogen) atoms. The molecule has 3 aromatic rings. The monoisotopic (exact) mass is 471 g/mol. The number of nitrogens with zero attached hydrogens (tertiary/aromatic N) is 1. The molecule has 0 spiro atoms. The highest BCUT2D eigenvalue weighted by atomic mass is 16.6. The summed E-state index contributed by atoms with van der Waals surface area (Å²) in [5.74, 6) is -0.667. The summed E-state index contributed by atoms with van der Waals surface area (Å²) in [4.78, 5) is 28.3. The van der Waals surface area contributed by atoms with Crippen molar-refractivity contribution in [3.8, 4) is 0 Å². The molecule has 0 saturated carbocycles. The number of amides is 1. The minimum Gasteiger partial charge on any atom is -0.453 e. The van der Waals surface area contributed by atoms with Gasteiger partial charge in [-0.1, -0.05) is 97.1 Å². The van der Waals surface area contributed by atoms with E-state index >= 15 is 0 Å². The highest BCUT2D eigenvalue weighted by Crippen LogP contribution is 2.43. The molecular weight excluding hydrogens is 442 g/mol. The molecule has 0 radical (unpaired) electrons. The fourth-order valence-electron chi connectivity index (χ4n) is 4.38. The van der Waals surface area contributed by atoms with E-state index in [1.807, 2.05) is 91.0 Å². The number of aliphatic hydroxyl groups excluding tert-OH is 1. The maximum Gasteiger partial charge on any atom is 0.411 e. The zero-order chi connectivity index (χ0) is 24.6. The van der Waals surface area contributed by atoms with Crippen molar-refractivity contribution in [3.05, 3.63) is 120 Å². The summed E-state index contributed by atoms with van der Waals surface area (Å²) < 4.78 is 11.6. The summed E-state index contributed by atoms with van der Waals surface area (Å²) in [5.41, 5.74) is 2.33. The van der Waals surface area contributed by atoms with Crippen molar-refractivity contribution in [3.63, 3.8) is 0 Å². The van der Waals surface area contributed by atoms with E-state index in [-0.39, 0.29) is 13.0 Å². The van der Waals surface area contributed by atoms with Gasteiger partial charge < -0.3 is 14.6 Å². The number of esters is 1. The number of benzene rings is 3. The van der Waals surface area contributed by atoms with Crippen LogP contribution >= 0.6 is 0 Å². The van der Waals surface area contributed by atoms with E-state index in [0.29, 0.717) is 6.42 Å². The first-order chi connectivity index (χ1) is 17.1. The number of ether oxygens (including phenoxy) is 2. The average Bonchev–Trinajstić information content (AvgIpc) is 2.91. The van der Waals surface area contributed by atoms with Crippen molar-refractivity contribution in [1.82, 2.24) is 4.90 Å². The Kier molecular flexibility index (Phi) is 7.95. The Hall–Kier alpha value is -3.90. The molecule has 1 aliphatic rings. The van der Waals surface area contributed by atoms with Gasteiger partial charge in [0.1, 0.15) is 12.6 Å². The molecular formula is C29H29NO5. The number of morpholine rings is 1. The van der Waals surface area contributed by atoms with Crippen LogP contribution in [0.4, 0.5) is 4.79 Å². The number of carbonyl (C=O) groups excluding carboxylic acids is 2. The summed E-state index contributed by atoms with van der Waals surface area (Å²) in [5, 5.41) is 11.0. The number of hydrogen-bond acceptors (Lipinski definition) is 5. The molecule has 0 aliphatic carbocycles. The van der Waals surface area contributed by atoms with E-state index in [1.165, 1.54) is 4.90 Å². The number of carbonyl (C=O) groups is 2. The summed E-state index contributed by atoms with van der Waals surface area (Å²) in [6, 6.07) is 26.1. The number of cyclic esters (lactones) is 1. The summed E-state index contributed by atoms with van der Waals surface area (Å²) in [7, 11) is 0. The summed E-state index contributed by atoms with van der Waals surface area (Å²) in [6.07, 6.45) is -0.204. The number of hydrogen-bond donors (Lipinski definition) is 1. The third kappa shape index (κ3) is 5.61. The van der Waals surface area contributed by atoms with Crippen molar-refractivity contribution in [2.45, 2.75) is 43.7 Å². The predicted octanol–water partition coefficient (Wildman–Crippen LogP) is 5.36. The third-order valence-corrected chi connectivity index (χ3v) is 6.09. The number of aliphatic hydroxyl groups is 1. The van der Waals surface area contributed by atoms with Gasteiger partial charge in [0.05, 0.1) is 6.10 Å². The smallest absolute Gasteiger partial charge is 0.411 e. The first kappa shape index (κ1) is 24.2. The lowest BCUT2D eigenvalue weighted by atomic mass is 9.89. The molecule has 0 aromatic heterocycles. The maximum absolute atomic E-state index is 13.6. The Bertz CT molecular complexity index is 1120. The average molecular weight is 472 g/mol. The van der Waals surface area contributed by atoms with Gasteiger partial charge in [-0.25, -0.2) is 9.59 Å². The van der Waals surface area contributed by atoms with Crippen LogP contribution in [0.15, 0.2) is 104 Å². The van der Waals surface area contributed by atoms with Crippen molar-refractivity contribution in [2.75, 3.05) is 0 Å². The van der Waals surface area contributed by atoms with Crippen LogP contribution in [0.5, 0.6) is 0 Å². The van der Waals surface area contributed by atoms with Crippen LogP contribution in [0.2, 0.25) is 0 Å². The molecule has 0 bridgehead atoms. The van der Waals surface area contributed by atoms with E-state index in [1.54, 1.807) is 6.08 Å². The Morgan fingerprint density at radius 1 is 0.971 bits per heavy atom. The highest BCUT2D eigenvalue weighted by molar-refractivity contribution is 5.84. The van der Waals surface area contributed by atoms with E-state index in [2.05, 4.69) is 6.58 Å². The second-order valence-corrected chi connectivity index (χ2v) is 8.45. The van der Waals surface area contributed by atoms with Crippen molar-refractivity contribution in [2.24, 2.45) is 0 Å². The SMILES string of the molecule is C=CCC[C@@H](O)[C@@H]1C(=O)O[C@@H](c2ccccc2)[C@@H](c2ccccc2)N1C(=O)OCc1ccccc1. The van der Waals surface area contributed by atoms with Gasteiger partial charge in [0.2, 0.25) is 0 Å². The Balaban J connectivity index is 1.75. The van der Waals surface area contributed by atoms with Crippen molar-refractivity contribution < 1.29 is 24.2 Å². The van der Waals surface area contributed by atoms with E-state index < -0.39 is 36.4 Å². The lowest BCUT2D eigenvalue weighted by Crippen LogP contribution is -2.58. The molecule has 180 valence electrons. The zero-order valence-electron chi connectivity index (χ0n) is 19.4. The molecule has 1 aliphatic heterocycles. The first-order valence-corrected chi connectivity index (χ1v) is 11.7. The molecule has 1 N–H and O–H groups in total. The van der Waals surface area contributed by atoms with Gasteiger partial charge in [-0.3, -0.25) is 4.90 Å². The van der Waals surface area contributed by atoms with Gasteiger partial charge in [0.25, 0.3) is 0 Å². The Labute approximate surface area is 205 Å². The zero-order valence-corrected chi connectivity index (χ0v) is 19.4. The summed E-state index contributed by atoms with van der Waals surface area (Å²) >= 11 is 0. The molecule has 6 heteroatoms. The topological polar surface area (TPSA) is 76.1 Å². The standard InChI is InChI=1S/C29H29NO5/c1-2-3-19-24(31)26-28(32)35-27(23-17-11-6-12-18-23)25(22-15-9-5-10-16-22)30(26)29(33)34-20-21-13-7-4-8-14-21/h2,4-18,24-27,31H,1,3,19-20H2/t24-,25-,26-,27+/m1/s1. The second-order valence-electron chi connectivity index (χ2n) is 8.45. The van der Waals surface area contributed by atoms with E-state index in [4.69, 9.17) is 9.47 Å².